The normalized spacial score (nSPS) is 12.8. The van der Waals surface area contributed by atoms with Crippen molar-refractivity contribution in [1.29, 1.82) is 0 Å². The Morgan fingerprint density at radius 3 is 1.75 bits per heavy atom. The fourth-order valence-electron chi connectivity index (χ4n) is 6.25. The van der Waals surface area contributed by atoms with Crippen LogP contribution in [-0.4, -0.2) is 3.21 Å². The number of fused-ring (bicyclic) bond motifs is 3. The van der Waals surface area contributed by atoms with Gasteiger partial charge in [0.2, 0.25) is 0 Å². The van der Waals surface area contributed by atoms with Crippen LogP contribution in [0.5, 0.6) is 0 Å². The van der Waals surface area contributed by atoms with E-state index in [9.17, 15) is 0 Å². The molecule has 0 N–H and O–H groups in total. The summed E-state index contributed by atoms with van der Waals surface area (Å²) in [6, 6.07) is 41.5. The monoisotopic (exact) mass is 702 g/mol. The zero-order chi connectivity index (χ0) is 34.5. The number of hydrogen-bond donors (Lipinski definition) is 0. The van der Waals surface area contributed by atoms with Crippen molar-refractivity contribution in [3.63, 3.8) is 0 Å². The predicted octanol–water partition coefficient (Wildman–Crippen LogP) is 12.4. The van der Waals surface area contributed by atoms with Gasteiger partial charge in [-0.1, -0.05) is 131 Å². The van der Waals surface area contributed by atoms with E-state index >= 15 is 0 Å². The summed E-state index contributed by atoms with van der Waals surface area (Å²) in [6.45, 7) is 18.2. The second kappa shape index (κ2) is 15.3. The van der Waals surface area contributed by atoms with Gasteiger partial charge in [0.05, 0.1) is 0 Å². The third kappa shape index (κ3) is 8.67. The molecule has 2 aliphatic rings. The Balaban J connectivity index is 0.000000247. The Hall–Kier alpha value is -3.67. The maximum Gasteiger partial charge on any atom is -0.109 e. The van der Waals surface area contributed by atoms with Gasteiger partial charge in [0.25, 0.3) is 0 Å². The Morgan fingerprint density at radius 2 is 1.25 bits per heavy atom. The van der Waals surface area contributed by atoms with Crippen molar-refractivity contribution in [1.82, 2.24) is 0 Å². The Morgan fingerprint density at radius 1 is 0.667 bits per heavy atom. The molecule has 0 fully saturated rings. The molecular formula is C47H48Zr. The Labute approximate surface area is 305 Å². The van der Waals surface area contributed by atoms with E-state index in [-0.39, 0.29) is 10.8 Å². The van der Waals surface area contributed by atoms with E-state index in [1.165, 1.54) is 94.2 Å². The van der Waals surface area contributed by atoms with Crippen LogP contribution in [0.4, 0.5) is 0 Å². The van der Waals surface area contributed by atoms with Gasteiger partial charge in [-0.15, -0.1) is 35.2 Å². The molecule has 0 bridgehead atoms. The zero-order valence-electron chi connectivity index (χ0n) is 30.0. The van der Waals surface area contributed by atoms with Crippen molar-refractivity contribution in [2.24, 2.45) is 0 Å². The summed E-state index contributed by atoms with van der Waals surface area (Å²) in [5.41, 5.74) is 16.2. The van der Waals surface area contributed by atoms with Gasteiger partial charge < -0.3 is 0 Å². The second-order valence-electron chi connectivity index (χ2n) is 14.9. The van der Waals surface area contributed by atoms with Crippen LogP contribution in [0.15, 0.2) is 121 Å². The molecule has 0 atom stereocenters. The number of hydrogen-bond acceptors (Lipinski definition) is 0. The predicted molar refractivity (Wildman–Crippen MR) is 204 cm³/mol. The average Bonchev–Trinajstić information content (AvgIpc) is 3.76. The molecule has 0 spiro atoms. The van der Waals surface area contributed by atoms with Crippen LogP contribution in [0.25, 0.3) is 33.4 Å². The summed E-state index contributed by atoms with van der Waals surface area (Å²) in [6.07, 6.45) is 10.9. The molecule has 0 unspecified atom stereocenters. The molecule has 0 radical (unpaired) electrons. The minimum atomic E-state index is 0.0380. The van der Waals surface area contributed by atoms with Crippen LogP contribution < -0.4 is 0 Å². The van der Waals surface area contributed by atoms with Gasteiger partial charge in [0.1, 0.15) is 0 Å². The quantitative estimate of drug-likeness (QED) is 0.161. The van der Waals surface area contributed by atoms with Crippen molar-refractivity contribution in [3.05, 3.63) is 167 Å². The minimum Gasteiger partial charge on any atom is -0.273 e. The molecule has 240 valence electrons. The second-order valence-corrected chi connectivity index (χ2v) is 16.8. The van der Waals surface area contributed by atoms with Crippen molar-refractivity contribution in [3.8, 4) is 33.4 Å². The average molecular weight is 704 g/mol. The van der Waals surface area contributed by atoms with Gasteiger partial charge in [-0.05, 0) is 39.5 Å². The maximum absolute atomic E-state index is 3.88. The molecular weight excluding hydrogens is 656 g/mol. The molecule has 5 aromatic carbocycles. The van der Waals surface area contributed by atoms with Crippen LogP contribution in [-0.2, 0) is 41.5 Å². The third-order valence-corrected chi connectivity index (χ3v) is 9.60. The van der Waals surface area contributed by atoms with E-state index in [2.05, 4.69) is 177 Å². The summed E-state index contributed by atoms with van der Waals surface area (Å²) >= 11 is 1.51. The van der Waals surface area contributed by atoms with Crippen molar-refractivity contribution < 1.29 is 24.2 Å². The fraction of sp³-hybridized carbons (Fsp3) is 0.255. The largest absolute Gasteiger partial charge is 0.273 e. The molecule has 48 heavy (non-hydrogen) atoms. The number of rotatable bonds is 3. The van der Waals surface area contributed by atoms with Crippen molar-refractivity contribution in [2.75, 3.05) is 0 Å². The molecule has 0 saturated heterocycles. The molecule has 0 heterocycles. The minimum absolute atomic E-state index is 0.0380. The summed E-state index contributed by atoms with van der Waals surface area (Å²) in [7, 11) is 0. The molecule has 0 saturated carbocycles. The van der Waals surface area contributed by atoms with Gasteiger partial charge >= 0.3 is 76.7 Å². The van der Waals surface area contributed by atoms with Crippen molar-refractivity contribution >= 4 is 3.21 Å². The van der Waals surface area contributed by atoms with Crippen LogP contribution in [0.2, 0.25) is 0 Å². The Kier molecular flexibility index (Phi) is 11.3. The smallest absolute Gasteiger partial charge is 0.109 e. The maximum atomic E-state index is 3.88. The van der Waals surface area contributed by atoms with Crippen LogP contribution in [0.3, 0.4) is 0 Å². The van der Waals surface area contributed by atoms with Gasteiger partial charge in [-0.3, -0.25) is 6.08 Å². The topological polar surface area (TPSA) is 0 Å². The first-order valence-corrected chi connectivity index (χ1v) is 18.3. The van der Waals surface area contributed by atoms with E-state index in [0.717, 1.165) is 12.8 Å². The molecule has 1 heteroatoms. The van der Waals surface area contributed by atoms with Crippen LogP contribution >= 0.6 is 0 Å². The van der Waals surface area contributed by atoms with Gasteiger partial charge in [-0.2, -0.15) is 6.08 Å². The first-order valence-electron chi connectivity index (χ1n) is 17.0. The zero-order valence-corrected chi connectivity index (χ0v) is 32.4. The molecule has 0 amide bonds. The number of allylic oxidation sites excluding steroid dienone is 4. The van der Waals surface area contributed by atoms with E-state index in [1.54, 1.807) is 0 Å². The number of aryl methyl sites for hydroxylation is 1. The van der Waals surface area contributed by atoms with Gasteiger partial charge in [0, 0.05) is 0 Å². The molecule has 2 aliphatic carbocycles. The SMILES string of the molecule is CC(C)(C)c1cc2c([c-]c1-c1ccccc1)Cc1cc(-c3ccccc3)c(C(C)(C)C)cc1-2.C[C](=[Zr+2])c1ccc(C)cc1.[C-]1=CC=CC1. The van der Waals surface area contributed by atoms with Gasteiger partial charge in [-0.25, -0.2) is 12.2 Å². The Bertz CT molecular complexity index is 1810. The van der Waals surface area contributed by atoms with E-state index < -0.39 is 0 Å². The standard InChI is InChI=1S/C33H33.C9H10.C5H5.Zr/c1-32(2,3)30-20-26-24(18-28(30)22-13-9-7-10-14-22)17-25-19-29(23-15-11-8-12-16-23)31(21-27(25)26)33(4,5)6;1-3-9-6-4-8(2)5-7-9;1-2-4-5-3-1;/h7-16,18,20-21H,17H2,1-6H3;4-7H,1-2H3;1-3H,4H2;/q-1;;-1;+2. The first kappa shape index (κ1) is 35.6. The third-order valence-electron chi connectivity index (χ3n) is 8.89. The summed E-state index contributed by atoms with van der Waals surface area (Å²) < 4.78 is 1.46. The van der Waals surface area contributed by atoms with E-state index in [1.807, 2.05) is 12.2 Å². The summed E-state index contributed by atoms with van der Waals surface area (Å²) in [5, 5.41) is 0. The van der Waals surface area contributed by atoms with E-state index in [0.29, 0.717) is 0 Å². The van der Waals surface area contributed by atoms with E-state index in [4.69, 9.17) is 0 Å². The molecule has 0 aromatic heterocycles. The number of benzene rings is 5. The summed E-state index contributed by atoms with van der Waals surface area (Å²) in [5.74, 6) is 0. The molecule has 7 rings (SSSR count). The van der Waals surface area contributed by atoms with Gasteiger partial charge in [0.15, 0.2) is 0 Å². The van der Waals surface area contributed by atoms with Crippen LogP contribution in [0, 0.1) is 19.1 Å². The first-order chi connectivity index (χ1) is 22.8. The summed E-state index contributed by atoms with van der Waals surface area (Å²) in [4.78, 5) is 0. The molecule has 0 nitrogen and oxygen atoms in total. The van der Waals surface area contributed by atoms with Crippen molar-refractivity contribution in [2.45, 2.75) is 79.1 Å². The van der Waals surface area contributed by atoms with Crippen LogP contribution in [0.1, 0.15) is 88.3 Å². The molecule has 0 aliphatic heterocycles. The fourth-order valence-corrected chi connectivity index (χ4v) is 6.66. The molecule has 5 aromatic rings.